The Bertz CT molecular complexity index is 844. The third kappa shape index (κ3) is 3.53. The number of rotatable bonds is 5. The van der Waals surface area contributed by atoms with Crippen LogP contribution in [0.15, 0.2) is 27.4 Å². The lowest BCUT2D eigenvalue weighted by Crippen LogP contribution is -2.35. The third-order valence-corrected chi connectivity index (χ3v) is 4.11. The van der Waals surface area contributed by atoms with Gasteiger partial charge in [0.25, 0.3) is 0 Å². The molecule has 0 spiro atoms. The van der Waals surface area contributed by atoms with Crippen LogP contribution < -0.4 is 10.4 Å². The van der Waals surface area contributed by atoms with E-state index in [0.29, 0.717) is 5.39 Å². The molecule has 0 aliphatic carbocycles. The van der Waals surface area contributed by atoms with Gasteiger partial charge in [-0.05, 0) is 24.4 Å². The van der Waals surface area contributed by atoms with Gasteiger partial charge in [0.05, 0.1) is 12.7 Å². The zero-order valence-electron chi connectivity index (χ0n) is 13.9. The van der Waals surface area contributed by atoms with Crippen LogP contribution in [0.25, 0.3) is 10.8 Å². The van der Waals surface area contributed by atoms with Crippen molar-refractivity contribution in [1.29, 1.82) is 0 Å². The van der Waals surface area contributed by atoms with Crippen molar-refractivity contribution in [3.63, 3.8) is 0 Å². The van der Waals surface area contributed by atoms with Crippen molar-refractivity contribution < 1.29 is 39.4 Å². The molecular weight excluding hydrogens is 348 g/mol. The quantitative estimate of drug-likeness (QED) is 0.459. The van der Waals surface area contributed by atoms with Crippen LogP contribution in [0.1, 0.15) is 12.7 Å². The molecular formula is C17H20O9. The first kappa shape index (κ1) is 18.6. The second-order valence-electron chi connectivity index (χ2n) is 6.28. The number of aliphatic hydroxyl groups excluding tert-OH is 4. The highest BCUT2D eigenvalue weighted by atomic mass is 16.7. The molecule has 1 aromatic heterocycles. The summed E-state index contributed by atoms with van der Waals surface area (Å²) in [6, 6.07) is 4.09. The second kappa shape index (κ2) is 7.22. The van der Waals surface area contributed by atoms with Crippen molar-refractivity contribution in [2.75, 3.05) is 6.61 Å². The normalized spacial score (nSPS) is 27.0. The van der Waals surface area contributed by atoms with Crippen molar-refractivity contribution in [1.82, 2.24) is 0 Å². The Morgan fingerprint density at radius 1 is 1.23 bits per heavy atom. The molecule has 0 radical (unpaired) electrons. The molecule has 2 heterocycles. The van der Waals surface area contributed by atoms with Crippen LogP contribution in [-0.4, -0.2) is 62.8 Å². The number of aliphatic hydroxyl groups is 4. The summed E-state index contributed by atoms with van der Waals surface area (Å²) in [4.78, 5) is 12.1. The van der Waals surface area contributed by atoms with Gasteiger partial charge < -0.3 is 39.4 Å². The lowest BCUT2D eigenvalue weighted by molar-refractivity contribution is -0.116. The summed E-state index contributed by atoms with van der Waals surface area (Å²) in [5.41, 5.74) is -0.755. The maximum absolute atomic E-state index is 12.1. The van der Waals surface area contributed by atoms with Crippen molar-refractivity contribution in [2.45, 2.75) is 44.1 Å². The minimum atomic E-state index is -1.39. The van der Waals surface area contributed by atoms with Gasteiger partial charge in [0.2, 0.25) is 6.29 Å². The van der Waals surface area contributed by atoms with Gasteiger partial charge in [-0.1, -0.05) is 0 Å². The fourth-order valence-electron chi connectivity index (χ4n) is 2.89. The average molecular weight is 368 g/mol. The number of hydrogen-bond acceptors (Lipinski definition) is 9. The molecule has 1 aliphatic rings. The molecule has 3 rings (SSSR count). The van der Waals surface area contributed by atoms with E-state index in [-0.39, 0.29) is 29.1 Å². The Morgan fingerprint density at radius 2 is 1.96 bits per heavy atom. The van der Waals surface area contributed by atoms with Crippen LogP contribution in [0.3, 0.4) is 0 Å². The zero-order valence-corrected chi connectivity index (χ0v) is 13.9. The van der Waals surface area contributed by atoms with Gasteiger partial charge in [-0.3, -0.25) is 0 Å². The summed E-state index contributed by atoms with van der Waals surface area (Å²) in [7, 11) is 0. The van der Waals surface area contributed by atoms with Crippen LogP contribution in [0.5, 0.6) is 11.5 Å². The molecule has 1 aromatic carbocycles. The molecule has 26 heavy (non-hydrogen) atoms. The number of ether oxygens (including phenoxy) is 2. The van der Waals surface area contributed by atoms with Crippen molar-refractivity contribution in [3.05, 3.63) is 34.4 Å². The Kier molecular flexibility index (Phi) is 5.17. The standard InChI is InChI=1S/C17H20O9/c1-7(19)2-9-3-8-4-10(5-11(20)13(8)16(23)24-9)25-17-15(22)14(21)12(6-18)26-17/h3-5,7,12,14-15,17-22H,2,6H2,1H3. The lowest BCUT2D eigenvalue weighted by Gasteiger charge is -2.17. The number of benzene rings is 1. The molecule has 0 saturated carbocycles. The van der Waals surface area contributed by atoms with Crippen LogP contribution in [0, 0.1) is 0 Å². The first-order valence-corrected chi connectivity index (χ1v) is 8.07. The summed E-state index contributed by atoms with van der Waals surface area (Å²) in [6.07, 6.45) is -5.56. The minimum Gasteiger partial charge on any atom is -0.507 e. The van der Waals surface area contributed by atoms with Crippen LogP contribution in [0.4, 0.5) is 0 Å². The van der Waals surface area contributed by atoms with E-state index >= 15 is 0 Å². The maximum Gasteiger partial charge on any atom is 0.347 e. The monoisotopic (exact) mass is 368 g/mol. The third-order valence-electron chi connectivity index (χ3n) is 4.11. The van der Waals surface area contributed by atoms with E-state index in [4.69, 9.17) is 19.0 Å². The van der Waals surface area contributed by atoms with Crippen molar-refractivity contribution >= 4 is 10.8 Å². The molecule has 5 N–H and O–H groups in total. The van der Waals surface area contributed by atoms with Gasteiger partial charge in [0, 0.05) is 12.5 Å². The molecule has 0 bridgehead atoms. The van der Waals surface area contributed by atoms with Gasteiger partial charge in [-0.25, -0.2) is 4.79 Å². The molecule has 1 saturated heterocycles. The summed E-state index contributed by atoms with van der Waals surface area (Å²) >= 11 is 0. The highest BCUT2D eigenvalue weighted by Crippen LogP contribution is 2.31. The number of phenolic OH excluding ortho intramolecular Hbond substituents is 1. The van der Waals surface area contributed by atoms with E-state index in [9.17, 15) is 25.2 Å². The predicted octanol–water partition coefficient (Wildman–Crippen LogP) is -0.760. The fraction of sp³-hybridized carbons (Fsp3) is 0.471. The van der Waals surface area contributed by atoms with Crippen LogP contribution in [-0.2, 0) is 11.2 Å². The van der Waals surface area contributed by atoms with E-state index in [2.05, 4.69) is 0 Å². The molecule has 5 unspecified atom stereocenters. The zero-order chi connectivity index (χ0) is 19.0. The summed E-state index contributed by atoms with van der Waals surface area (Å²) in [6.45, 7) is 1.05. The van der Waals surface area contributed by atoms with Gasteiger partial charge >= 0.3 is 5.63 Å². The minimum absolute atomic E-state index is 0.0483. The molecule has 9 heteroatoms. The van der Waals surface area contributed by atoms with Crippen molar-refractivity contribution in [2.24, 2.45) is 0 Å². The first-order chi connectivity index (χ1) is 12.3. The summed E-state index contributed by atoms with van der Waals surface area (Å²) in [5.74, 6) is -0.0676. The molecule has 9 nitrogen and oxygen atoms in total. The number of hydrogen-bond donors (Lipinski definition) is 5. The Balaban J connectivity index is 1.94. The highest BCUT2D eigenvalue weighted by molar-refractivity contribution is 5.88. The molecule has 2 aromatic rings. The van der Waals surface area contributed by atoms with Gasteiger partial charge in [0.15, 0.2) is 0 Å². The lowest BCUT2D eigenvalue weighted by atomic mass is 10.1. The molecule has 1 fully saturated rings. The predicted molar refractivity (Wildman–Crippen MR) is 87.9 cm³/mol. The van der Waals surface area contributed by atoms with Crippen LogP contribution in [0.2, 0.25) is 0 Å². The SMILES string of the molecule is CC(O)Cc1cc2cc(OC3OC(CO)C(O)C3O)cc(O)c2c(=O)o1. The largest absolute Gasteiger partial charge is 0.507 e. The van der Waals surface area contributed by atoms with Gasteiger partial charge in [0.1, 0.15) is 41.0 Å². The average Bonchev–Trinajstić information content (AvgIpc) is 2.81. The smallest absolute Gasteiger partial charge is 0.347 e. The number of aromatic hydroxyl groups is 1. The molecule has 142 valence electrons. The first-order valence-electron chi connectivity index (χ1n) is 8.07. The highest BCUT2D eigenvalue weighted by Gasteiger charge is 2.44. The maximum atomic E-state index is 12.1. The summed E-state index contributed by atoms with van der Waals surface area (Å²) in [5, 5.41) is 48.6. The van der Waals surface area contributed by atoms with Crippen molar-refractivity contribution in [3.8, 4) is 11.5 Å². The van der Waals surface area contributed by atoms with Crippen LogP contribution >= 0.6 is 0 Å². The van der Waals surface area contributed by atoms with Gasteiger partial charge in [-0.2, -0.15) is 0 Å². The number of fused-ring (bicyclic) bond motifs is 1. The van der Waals surface area contributed by atoms with E-state index < -0.39 is 42.9 Å². The topological polar surface area (TPSA) is 150 Å². The Labute approximate surface area is 147 Å². The van der Waals surface area contributed by atoms with E-state index in [1.54, 1.807) is 6.92 Å². The summed E-state index contributed by atoms with van der Waals surface area (Å²) < 4.78 is 15.8. The van der Waals surface area contributed by atoms with E-state index in [0.717, 1.165) is 6.07 Å². The molecule has 0 amide bonds. The van der Waals surface area contributed by atoms with Gasteiger partial charge in [-0.15, -0.1) is 0 Å². The fourth-order valence-corrected chi connectivity index (χ4v) is 2.89. The Hall–Kier alpha value is -2.17. The second-order valence-corrected chi connectivity index (χ2v) is 6.28. The van der Waals surface area contributed by atoms with E-state index in [1.165, 1.54) is 12.1 Å². The number of phenols is 1. The molecule has 1 aliphatic heterocycles. The Morgan fingerprint density at radius 3 is 2.58 bits per heavy atom. The molecule has 5 atom stereocenters. The van der Waals surface area contributed by atoms with E-state index in [1.807, 2.05) is 0 Å².